The molecule has 0 aliphatic heterocycles. The first-order chi connectivity index (χ1) is 9.97. The fraction of sp³-hybridized carbons (Fsp3) is 0.0667. The van der Waals surface area contributed by atoms with Gasteiger partial charge in [0.1, 0.15) is 5.82 Å². The molecule has 0 unspecified atom stereocenters. The average Bonchev–Trinajstić information content (AvgIpc) is 2.46. The summed E-state index contributed by atoms with van der Waals surface area (Å²) in [5.74, 6) is -2.26. The maximum Gasteiger partial charge on any atom is 0.335 e. The molecule has 0 fully saturated rings. The summed E-state index contributed by atoms with van der Waals surface area (Å²) in [6, 6.07) is 10.0. The van der Waals surface area contributed by atoms with Crippen LogP contribution in [-0.2, 0) is 6.54 Å². The number of hydrogen-bond acceptors (Lipinski definition) is 3. The molecule has 0 spiro atoms. The van der Waals surface area contributed by atoms with E-state index in [0.29, 0.717) is 12.2 Å². The van der Waals surface area contributed by atoms with Crippen molar-refractivity contribution < 1.29 is 19.1 Å². The Balaban J connectivity index is 2.13. The second-order valence-electron chi connectivity index (χ2n) is 4.41. The number of carboxylic acid groups (broad SMARTS) is 1. The third-order valence-electron chi connectivity index (χ3n) is 2.93. The zero-order valence-corrected chi connectivity index (χ0v) is 11.0. The first kappa shape index (κ1) is 14.5. The normalized spacial score (nSPS) is 10.1. The van der Waals surface area contributed by atoms with E-state index >= 15 is 0 Å². The molecule has 5 nitrogen and oxygen atoms in total. The number of nitrogens with two attached hydrogens (primary N) is 1. The summed E-state index contributed by atoms with van der Waals surface area (Å²) in [7, 11) is 0. The van der Waals surface area contributed by atoms with Crippen molar-refractivity contribution in [1.29, 1.82) is 0 Å². The quantitative estimate of drug-likeness (QED) is 0.786. The lowest BCUT2D eigenvalue weighted by Crippen LogP contribution is -2.14. The van der Waals surface area contributed by atoms with Gasteiger partial charge in [0.05, 0.1) is 11.1 Å². The van der Waals surface area contributed by atoms with Crippen molar-refractivity contribution in [1.82, 2.24) is 0 Å². The van der Waals surface area contributed by atoms with Crippen LogP contribution in [0.5, 0.6) is 0 Å². The van der Waals surface area contributed by atoms with Crippen molar-refractivity contribution in [3.8, 4) is 0 Å². The number of anilines is 1. The molecule has 0 bridgehead atoms. The Bertz CT molecular complexity index is 684. The van der Waals surface area contributed by atoms with Gasteiger partial charge in [-0.3, -0.25) is 4.79 Å². The van der Waals surface area contributed by atoms with Crippen molar-refractivity contribution in [2.24, 2.45) is 5.73 Å². The van der Waals surface area contributed by atoms with Crippen LogP contribution in [0.1, 0.15) is 26.3 Å². The molecule has 0 heterocycles. The number of carbonyl (C=O) groups is 2. The minimum atomic E-state index is -0.996. The smallest absolute Gasteiger partial charge is 0.335 e. The number of carboxylic acids is 1. The van der Waals surface area contributed by atoms with Crippen molar-refractivity contribution in [3.05, 3.63) is 65.0 Å². The van der Waals surface area contributed by atoms with Gasteiger partial charge in [-0.05, 0) is 35.9 Å². The average molecular weight is 288 g/mol. The Hall–Kier alpha value is -2.89. The molecule has 0 aliphatic carbocycles. The van der Waals surface area contributed by atoms with Crippen LogP contribution < -0.4 is 11.1 Å². The number of nitrogens with one attached hydrogen (secondary N) is 1. The molecule has 1 amide bonds. The van der Waals surface area contributed by atoms with E-state index < -0.39 is 17.7 Å². The van der Waals surface area contributed by atoms with Gasteiger partial charge in [-0.1, -0.05) is 12.1 Å². The summed E-state index contributed by atoms with van der Waals surface area (Å²) in [5.41, 5.74) is 6.70. The van der Waals surface area contributed by atoms with Gasteiger partial charge >= 0.3 is 5.97 Å². The van der Waals surface area contributed by atoms with Crippen molar-refractivity contribution >= 4 is 17.6 Å². The van der Waals surface area contributed by atoms with E-state index in [9.17, 15) is 14.0 Å². The third kappa shape index (κ3) is 3.56. The molecule has 0 radical (unpaired) electrons. The number of amides is 1. The van der Waals surface area contributed by atoms with Crippen LogP contribution in [0.4, 0.5) is 10.1 Å². The van der Waals surface area contributed by atoms with Gasteiger partial charge in [-0.2, -0.15) is 0 Å². The van der Waals surface area contributed by atoms with Crippen molar-refractivity contribution in [3.63, 3.8) is 0 Å². The van der Waals surface area contributed by atoms with Crippen LogP contribution in [0.25, 0.3) is 0 Å². The number of benzene rings is 2. The molecule has 4 N–H and O–H groups in total. The largest absolute Gasteiger partial charge is 0.478 e. The molecule has 0 atom stereocenters. The summed E-state index contributed by atoms with van der Waals surface area (Å²) in [6.45, 7) is 0.353. The molecule has 0 saturated heterocycles. The summed E-state index contributed by atoms with van der Waals surface area (Å²) >= 11 is 0. The van der Waals surface area contributed by atoms with E-state index in [4.69, 9.17) is 10.8 Å². The predicted octanol–water partition coefficient (Wildman–Crippen LogP) is 2.23. The Labute approximate surface area is 120 Å². The molecule has 0 aromatic heterocycles. The van der Waals surface area contributed by atoms with Crippen molar-refractivity contribution in [2.75, 3.05) is 5.32 Å². The Morgan fingerprint density at radius 3 is 2.38 bits per heavy atom. The Morgan fingerprint density at radius 2 is 1.81 bits per heavy atom. The van der Waals surface area contributed by atoms with Gasteiger partial charge in [-0.25, -0.2) is 9.18 Å². The summed E-state index contributed by atoms with van der Waals surface area (Å²) in [6.07, 6.45) is 0. The van der Waals surface area contributed by atoms with Gasteiger partial charge in [0.15, 0.2) is 0 Å². The molecule has 0 aliphatic rings. The molecule has 108 valence electrons. The second kappa shape index (κ2) is 6.04. The molecule has 2 aromatic carbocycles. The topological polar surface area (TPSA) is 92.4 Å². The van der Waals surface area contributed by atoms with Gasteiger partial charge in [-0.15, -0.1) is 0 Å². The summed E-state index contributed by atoms with van der Waals surface area (Å²) in [4.78, 5) is 22.0. The number of hydrogen-bond donors (Lipinski definition) is 3. The van der Waals surface area contributed by atoms with Crippen LogP contribution in [0.2, 0.25) is 0 Å². The van der Waals surface area contributed by atoms with E-state index in [-0.39, 0.29) is 11.1 Å². The molecule has 2 aromatic rings. The van der Waals surface area contributed by atoms with Crippen molar-refractivity contribution in [2.45, 2.75) is 6.54 Å². The predicted molar refractivity (Wildman–Crippen MR) is 75.6 cm³/mol. The zero-order valence-electron chi connectivity index (χ0n) is 11.0. The highest BCUT2D eigenvalue weighted by Crippen LogP contribution is 2.17. The first-order valence-electron chi connectivity index (χ1n) is 6.13. The molecule has 2 rings (SSSR count). The Morgan fingerprint density at radius 1 is 1.14 bits per heavy atom. The lowest BCUT2D eigenvalue weighted by atomic mass is 10.1. The van der Waals surface area contributed by atoms with Gasteiger partial charge in [0.2, 0.25) is 0 Å². The van der Waals surface area contributed by atoms with Crippen LogP contribution in [0.15, 0.2) is 42.5 Å². The van der Waals surface area contributed by atoms with Gasteiger partial charge < -0.3 is 16.2 Å². The first-order valence-corrected chi connectivity index (χ1v) is 6.13. The van der Waals surface area contributed by atoms with E-state index in [0.717, 1.165) is 11.6 Å². The number of halogens is 1. The molecular weight excluding hydrogens is 275 g/mol. The van der Waals surface area contributed by atoms with E-state index in [2.05, 4.69) is 5.32 Å². The lowest BCUT2D eigenvalue weighted by molar-refractivity contribution is 0.0696. The highest BCUT2D eigenvalue weighted by molar-refractivity contribution is 5.98. The number of carbonyl (C=O) groups excluding carboxylic acids is 1. The number of rotatable bonds is 5. The third-order valence-corrected chi connectivity index (χ3v) is 2.93. The molecular formula is C15H13FN2O3. The highest BCUT2D eigenvalue weighted by atomic mass is 19.1. The fourth-order valence-corrected chi connectivity index (χ4v) is 1.84. The van der Waals surface area contributed by atoms with Gasteiger partial charge in [0, 0.05) is 12.2 Å². The van der Waals surface area contributed by atoms with Crippen LogP contribution >= 0.6 is 0 Å². The molecule has 21 heavy (non-hydrogen) atoms. The standard InChI is InChI=1S/C15H13FN2O3/c16-11-5-6-13(12(7-11)14(17)19)18-8-9-1-3-10(4-2-9)15(20)21/h1-7,18H,8H2,(H2,17,19)(H,20,21). The van der Waals surface area contributed by atoms with E-state index in [1.165, 1.54) is 24.3 Å². The monoisotopic (exact) mass is 288 g/mol. The minimum absolute atomic E-state index is 0.0668. The van der Waals surface area contributed by atoms with E-state index in [1.807, 2.05) is 0 Å². The Kier molecular flexibility index (Phi) is 4.18. The minimum Gasteiger partial charge on any atom is -0.478 e. The molecule has 6 heteroatoms. The van der Waals surface area contributed by atoms with Crippen LogP contribution in [-0.4, -0.2) is 17.0 Å². The summed E-state index contributed by atoms with van der Waals surface area (Å²) in [5, 5.41) is 11.8. The van der Waals surface area contributed by atoms with E-state index in [1.54, 1.807) is 12.1 Å². The zero-order chi connectivity index (χ0) is 15.4. The summed E-state index contributed by atoms with van der Waals surface area (Å²) < 4.78 is 13.1. The lowest BCUT2D eigenvalue weighted by Gasteiger charge is -2.10. The fourth-order valence-electron chi connectivity index (χ4n) is 1.84. The van der Waals surface area contributed by atoms with Crippen LogP contribution in [0, 0.1) is 5.82 Å². The number of aromatic carboxylic acids is 1. The maximum absolute atomic E-state index is 13.1. The maximum atomic E-state index is 13.1. The number of primary amides is 1. The SMILES string of the molecule is NC(=O)c1cc(F)ccc1NCc1ccc(C(=O)O)cc1. The molecule has 0 saturated carbocycles. The van der Waals surface area contributed by atoms with Gasteiger partial charge in [0.25, 0.3) is 5.91 Å². The van der Waals surface area contributed by atoms with Crippen LogP contribution in [0.3, 0.4) is 0 Å². The second-order valence-corrected chi connectivity index (χ2v) is 4.41. The highest BCUT2D eigenvalue weighted by Gasteiger charge is 2.09.